The molecule has 0 unspecified atom stereocenters. The Morgan fingerprint density at radius 2 is 1.64 bits per heavy atom. The van der Waals surface area contributed by atoms with Gasteiger partial charge < -0.3 is 18.6 Å². The van der Waals surface area contributed by atoms with Crippen molar-refractivity contribution in [2.24, 2.45) is 11.8 Å². The lowest BCUT2D eigenvalue weighted by Crippen LogP contribution is -2.46. The number of carbonyl (C=O) groups excluding carboxylic acids is 1. The van der Waals surface area contributed by atoms with Gasteiger partial charge in [0.25, 0.3) is 0 Å². The Bertz CT molecular complexity index is 1440. The number of benzene rings is 2. The molecule has 1 aromatic heterocycles. The molecule has 0 N–H and O–H groups in total. The smallest absolute Gasteiger partial charge is 0.230 e. The van der Waals surface area contributed by atoms with Crippen molar-refractivity contribution >= 4 is 19.9 Å². The third kappa shape index (κ3) is 7.94. The minimum absolute atomic E-state index is 0.0559. The summed E-state index contributed by atoms with van der Waals surface area (Å²) in [5, 5.41) is 0.199. The van der Waals surface area contributed by atoms with Crippen LogP contribution in [0.15, 0.2) is 60.9 Å². The van der Waals surface area contributed by atoms with E-state index in [-0.39, 0.29) is 17.1 Å². The summed E-state index contributed by atoms with van der Waals surface area (Å²) in [6.45, 7) is 16.6. The Labute approximate surface area is 273 Å². The molecule has 3 aromatic rings. The van der Waals surface area contributed by atoms with Crippen LogP contribution in [0.25, 0.3) is 5.69 Å². The molecule has 0 aliphatic heterocycles. The molecule has 2 fully saturated rings. The number of nitrogens with zero attached hydrogens (tertiary/aromatic N) is 2. The molecule has 5 nitrogen and oxygen atoms in total. The number of amides is 1. The maximum absolute atomic E-state index is 14.4. The van der Waals surface area contributed by atoms with Gasteiger partial charge in [-0.25, -0.2) is 0 Å². The van der Waals surface area contributed by atoms with Crippen LogP contribution in [0.4, 0.5) is 5.69 Å². The summed E-state index contributed by atoms with van der Waals surface area (Å²) in [7, 11) is -0.0842. The average molecular weight is 629 g/mol. The summed E-state index contributed by atoms with van der Waals surface area (Å²) >= 11 is 0. The number of hydrogen-bond donors (Lipinski definition) is 0. The Balaban J connectivity index is 1.30. The zero-order valence-corrected chi connectivity index (χ0v) is 30.1. The number of hydrogen-bond acceptors (Lipinski definition) is 3. The maximum atomic E-state index is 14.4. The highest BCUT2D eigenvalue weighted by Crippen LogP contribution is 2.41. The van der Waals surface area contributed by atoms with E-state index in [1.165, 1.54) is 16.7 Å². The predicted molar refractivity (Wildman–Crippen MR) is 189 cm³/mol. The normalized spacial score (nSPS) is 22.7. The first-order valence-electron chi connectivity index (χ1n) is 17.2. The van der Waals surface area contributed by atoms with E-state index in [0.717, 1.165) is 75.0 Å². The fourth-order valence-corrected chi connectivity index (χ4v) is 8.56. The molecular weight excluding hydrogens is 573 g/mol. The molecule has 2 aliphatic carbocycles. The van der Waals surface area contributed by atoms with Gasteiger partial charge in [0.2, 0.25) is 5.91 Å². The molecule has 2 aromatic carbocycles. The van der Waals surface area contributed by atoms with Crippen molar-refractivity contribution in [1.29, 1.82) is 0 Å². The van der Waals surface area contributed by atoms with E-state index < -0.39 is 8.32 Å². The van der Waals surface area contributed by atoms with Gasteiger partial charge in [0, 0.05) is 42.3 Å². The number of anilines is 1. The van der Waals surface area contributed by atoms with E-state index in [1.54, 1.807) is 7.11 Å². The second-order valence-electron chi connectivity index (χ2n) is 15.4. The van der Waals surface area contributed by atoms with Gasteiger partial charge in [0.1, 0.15) is 5.75 Å². The summed E-state index contributed by atoms with van der Waals surface area (Å²) < 4.78 is 14.4. The van der Waals surface area contributed by atoms with Crippen LogP contribution in [0.5, 0.6) is 5.75 Å². The summed E-state index contributed by atoms with van der Waals surface area (Å²) in [6.07, 6.45) is 12.9. The van der Waals surface area contributed by atoms with Crippen molar-refractivity contribution < 1.29 is 14.0 Å². The van der Waals surface area contributed by atoms with Gasteiger partial charge in [0.15, 0.2) is 8.32 Å². The number of aromatic nitrogens is 1. The molecule has 1 amide bonds. The van der Waals surface area contributed by atoms with Gasteiger partial charge in [-0.3, -0.25) is 4.79 Å². The summed E-state index contributed by atoms with van der Waals surface area (Å²) in [6, 6.07) is 17.4. The standard InChI is InChI=1S/C39H56N2O3Si/c1-28-22-23-40(26-28)34-10-9-11-35(25-34)41(38(42)32-16-19-36(20-17-32)44-45(7,8)39(3,4)5)27-30-12-14-31(15-13-30)33-18-21-37(43-6)29(2)24-33/h9-11,18,21-26,30-32,36H,12-17,19-20,27H2,1-8H3/t30-,31-,32-,36-. The Morgan fingerprint density at radius 1 is 0.933 bits per heavy atom. The second kappa shape index (κ2) is 13.9. The number of ether oxygens (including phenoxy) is 1. The van der Waals surface area contributed by atoms with Crippen molar-refractivity contribution in [3.8, 4) is 11.4 Å². The third-order valence-corrected chi connectivity index (χ3v) is 15.6. The van der Waals surface area contributed by atoms with Gasteiger partial charge in [0.05, 0.1) is 7.11 Å². The fourth-order valence-electron chi connectivity index (χ4n) is 7.14. The van der Waals surface area contributed by atoms with Crippen molar-refractivity contribution in [1.82, 2.24) is 4.57 Å². The first kappa shape index (κ1) is 33.5. The number of aryl methyl sites for hydroxylation is 2. The molecule has 5 rings (SSSR count). The predicted octanol–water partition coefficient (Wildman–Crippen LogP) is 9.99. The third-order valence-electron chi connectivity index (χ3n) is 11.0. The zero-order valence-electron chi connectivity index (χ0n) is 29.1. The van der Waals surface area contributed by atoms with Crippen LogP contribution < -0.4 is 9.64 Å². The number of carbonyl (C=O) groups is 1. The van der Waals surface area contributed by atoms with Crippen LogP contribution in [0.1, 0.15) is 94.7 Å². The molecule has 0 bridgehead atoms. The van der Waals surface area contributed by atoms with E-state index in [0.29, 0.717) is 17.7 Å². The molecular formula is C39H56N2O3Si. The van der Waals surface area contributed by atoms with Crippen LogP contribution in [0, 0.1) is 25.7 Å². The Hall–Kier alpha value is -2.83. The molecule has 0 saturated heterocycles. The quantitative estimate of drug-likeness (QED) is 0.222. The lowest BCUT2D eigenvalue weighted by Gasteiger charge is -2.41. The van der Waals surface area contributed by atoms with Gasteiger partial charge in [-0.05, 0) is 142 Å². The van der Waals surface area contributed by atoms with Crippen LogP contribution in [-0.2, 0) is 9.22 Å². The summed E-state index contributed by atoms with van der Waals surface area (Å²) in [5.41, 5.74) is 5.98. The van der Waals surface area contributed by atoms with Crippen LogP contribution in [0.3, 0.4) is 0 Å². The Kier molecular flexibility index (Phi) is 10.3. The highest BCUT2D eigenvalue weighted by Gasteiger charge is 2.41. The molecule has 0 atom stereocenters. The van der Waals surface area contributed by atoms with E-state index in [4.69, 9.17) is 9.16 Å². The molecule has 244 valence electrons. The van der Waals surface area contributed by atoms with Crippen molar-refractivity contribution in [2.75, 3.05) is 18.6 Å². The molecule has 2 aliphatic rings. The maximum Gasteiger partial charge on any atom is 0.230 e. The second-order valence-corrected chi connectivity index (χ2v) is 20.1. The highest BCUT2D eigenvalue weighted by molar-refractivity contribution is 6.74. The molecule has 6 heteroatoms. The number of rotatable bonds is 9. The van der Waals surface area contributed by atoms with Crippen molar-refractivity contribution in [2.45, 2.75) is 116 Å². The average Bonchev–Trinajstić information content (AvgIpc) is 3.46. The Morgan fingerprint density at radius 3 is 2.24 bits per heavy atom. The lowest BCUT2D eigenvalue weighted by atomic mass is 9.78. The summed E-state index contributed by atoms with van der Waals surface area (Å²) in [5.74, 6) is 2.39. The monoisotopic (exact) mass is 628 g/mol. The lowest BCUT2D eigenvalue weighted by molar-refractivity contribution is -0.124. The minimum Gasteiger partial charge on any atom is -0.496 e. The first-order valence-corrected chi connectivity index (χ1v) is 20.1. The van der Waals surface area contributed by atoms with E-state index in [2.05, 4.69) is 118 Å². The fraction of sp³-hybridized carbons (Fsp3) is 0.564. The van der Waals surface area contributed by atoms with E-state index in [1.807, 2.05) is 0 Å². The molecule has 45 heavy (non-hydrogen) atoms. The van der Waals surface area contributed by atoms with Gasteiger partial charge in [-0.2, -0.15) is 0 Å². The van der Waals surface area contributed by atoms with Crippen molar-refractivity contribution in [3.63, 3.8) is 0 Å². The van der Waals surface area contributed by atoms with Gasteiger partial charge in [-0.1, -0.05) is 39.0 Å². The van der Waals surface area contributed by atoms with E-state index in [9.17, 15) is 4.79 Å². The SMILES string of the molecule is COc1ccc([C@H]2CC[C@H](CN(c3cccc(-n4ccc(C)c4)c3)C(=O)[C@H]3CC[C@H](O[Si](C)(C)C(C)(C)C)CC3)CC2)cc1C. The molecule has 0 spiro atoms. The largest absolute Gasteiger partial charge is 0.496 e. The highest BCUT2D eigenvalue weighted by atomic mass is 28.4. The first-order chi connectivity index (χ1) is 21.3. The van der Waals surface area contributed by atoms with Crippen LogP contribution in [0.2, 0.25) is 18.1 Å². The number of methoxy groups -OCH3 is 1. The molecule has 1 heterocycles. The topological polar surface area (TPSA) is 43.7 Å². The summed E-state index contributed by atoms with van der Waals surface area (Å²) in [4.78, 5) is 16.6. The van der Waals surface area contributed by atoms with Crippen LogP contribution in [-0.4, -0.2) is 38.6 Å². The molecule has 2 saturated carbocycles. The van der Waals surface area contributed by atoms with Crippen molar-refractivity contribution in [3.05, 3.63) is 77.6 Å². The van der Waals surface area contributed by atoms with Gasteiger partial charge in [-0.15, -0.1) is 0 Å². The van der Waals surface area contributed by atoms with Gasteiger partial charge >= 0.3 is 0 Å². The minimum atomic E-state index is -1.82. The molecule has 0 radical (unpaired) electrons. The van der Waals surface area contributed by atoms with Crippen LogP contribution >= 0.6 is 0 Å². The van der Waals surface area contributed by atoms with E-state index >= 15 is 0 Å². The zero-order chi connectivity index (χ0) is 32.4.